The van der Waals surface area contributed by atoms with Crippen LogP contribution in [-0.4, -0.2) is 30.8 Å². The fourth-order valence-corrected chi connectivity index (χ4v) is 1.48. The first kappa shape index (κ1) is 12.1. The number of hydrogen-bond acceptors (Lipinski definition) is 4. The van der Waals surface area contributed by atoms with Crippen molar-refractivity contribution >= 4 is 5.97 Å². The molecular formula is C12H17NO4. The van der Waals surface area contributed by atoms with E-state index >= 15 is 0 Å². The molecule has 0 bridgehead atoms. The van der Waals surface area contributed by atoms with Gasteiger partial charge in [-0.1, -0.05) is 0 Å². The van der Waals surface area contributed by atoms with Crippen molar-refractivity contribution in [1.29, 1.82) is 0 Å². The van der Waals surface area contributed by atoms with Gasteiger partial charge in [0.15, 0.2) is 0 Å². The first-order chi connectivity index (χ1) is 8.25. The number of carboxylic acid groups (broad SMARTS) is 1. The van der Waals surface area contributed by atoms with Crippen LogP contribution in [0.3, 0.4) is 0 Å². The lowest BCUT2D eigenvalue weighted by Gasteiger charge is -2.03. The molecule has 17 heavy (non-hydrogen) atoms. The zero-order valence-corrected chi connectivity index (χ0v) is 9.65. The van der Waals surface area contributed by atoms with E-state index in [0.717, 1.165) is 19.1 Å². The summed E-state index contributed by atoms with van der Waals surface area (Å²) in [5, 5.41) is 11.8. The van der Waals surface area contributed by atoms with Crippen molar-refractivity contribution in [3.05, 3.63) is 23.7 Å². The molecule has 1 aromatic rings. The molecule has 1 aliphatic carbocycles. The number of carboxylic acids is 1. The molecule has 2 N–H and O–H groups in total. The first-order valence-corrected chi connectivity index (χ1v) is 5.85. The minimum absolute atomic E-state index is 0.187. The third kappa shape index (κ3) is 4.20. The highest BCUT2D eigenvalue weighted by Gasteiger charge is 2.20. The largest absolute Gasteiger partial charge is 0.478 e. The lowest BCUT2D eigenvalue weighted by molar-refractivity contribution is 0.0696. The van der Waals surface area contributed by atoms with Gasteiger partial charge in [0.2, 0.25) is 0 Å². The highest BCUT2D eigenvalue weighted by atomic mass is 16.5. The van der Waals surface area contributed by atoms with Gasteiger partial charge in [0, 0.05) is 13.2 Å². The molecule has 0 radical (unpaired) electrons. The summed E-state index contributed by atoms with van der Waals surface area (Å²) in [4.78, 5) is 10.6. The summed E-state index contributed by atoms with van der Waals surface area (Å²) in [6.45, 7) is 2.82. The monoisotopic (exact) mass is 239 g/mol. The zero-order valence-electron chi connectivity index (χ0n) is 9.65. The Hall–Kier alpha value is -1.33. The van der Waals surface area contributed by atoms with Crippen molar-refractivity contribution in [3.8, 4) is 0 Å². The van der Waals surface area contributed by atoms with Crippen LogP contribution in [0.1, 0.15) is 29.0 Å². The van der Waals surface area contributed by atoms with Gasteiger partial charge in [0.25, 0.3) is 0 Å². The second kappa shape index (κ2) is 5.84. The van der Waals surface area contributed by atoms with Gasteiger partial charge < -0.3 is 19.6 Å². The van der Waals surface area contributed by atoms with E-state index in [4.69, 9.17) is 14.3 Å². The van der Waals surface area contributed by atoms with Crippen LogP contribution < -0.4 is 5.32 Å². The fourth-order valence-electron chi connectivity index (χ4n) is 1.48. The van der Waals surface area contributed by atoms with E-state index in [-0.39, 0.29) is 5.56 Å². The topological polar surface area (TPSA) is 71.7 Å². The number of nitrogens with one attached hydrogen (secondary N) is 1. The molecule has 0 spiro atoms. The molecule has 0 aliphatic heterocycles. The molecule has 0 atom stereocenters. The van der Waals surface area contributed by atoms with E-state index in [2.05, 4.69) is 5.32 Å². The SMILES string of the molecule is O=C(O)c1coc(CNCCOCC2CC2)c1. The van der Waals surface area contributed by atoms with Crippen molar-refractivity contribution in [3.63, 3.8) is 0 Å². The van der Waals surface area contributed by atoms with Crippen molar-refractivity contribution in [1.82, 2.24) is 5.32 Å². The zero-order chi connectivity index (χ0) is 12.1. The van der Waals surface area contributed by atoms with Crippen LogP contribution in [-0.2, 0) is 11.3 Å². The van der Waals surface area contributed by atoms with Crippen LogP contribution in [0.2, 0.25) is 0 Å². The predicted octanol–water partition coefficient (Wildman–Crippen LogP) is 1.49. The van der Waals surface area contributed by atoms with Crippen LogP contribution in [0, 0.1) is 5.92 Å². The summed E-state index contributed by atoms with van der Waals surface area (Å²) in [6.07, 6.45) is 3.86. The molecule has 94 valence electrons. The number of aromatic carboxylic acids is 1. The van der Waals surface area contributed by atoms with Crippen molar-refractivity contribution < 1.29 is 19.1 Å². The Labute approximate surface area is 99.8 Å². The molecule has 5 nitrogen and oxygen atoms in total. The molecular weight excluding hydrogens is 222 g/mol. The summed E-state index contributed by atoms with van der Waals surface area (Å²) in [5.74, 6) is 0.454. The first-order valence-electron chi connectivity index (χ1n) is 5.85. The Balaban J connectivity index is 1.55. The van der Waals surface area contributed by atoms with Crippen LogP contribution in [0.5, 0.6) is 0 Å². The quantitative estimate of drug-likeness (QED) is 0.672. The summed E-state index contributed by atoms with van der Waals surface area (Å²) in [7, 11) is 0. The van der Waals surface area contributed by atoms with Crippen LogP contribution in [0.25, 0.3) is 0 Å². The third-order valence-electron chi connectivity index (χ3n) is 2.67. The van der Waals surface area contributed by atoms with Gasteiger partial charge in [0.1, 0.15) is 12.0 Å². The molecule has 0 aromatic carbocycles. The molecule has 1 heterocycles. The summed E-state index contributed by atoms with van der Waals surface area (Å²) in [5.41, 5.74) is 0.187. The lowest BCUT2D eigenvalue weighted by Crippen LogP contribution is -2.19. The number of rotatable bonds is 8. The van der Waals surface area contributed by atoms with Crippen LogP contribution >= 0.6 is 0 Å². The smallest absolute Gasteiger partial charge is 0.338 e. The molecule has 2 rings (SSSR count). The molecule has 5 heteroatoms. The second-order valence-corrected chi connectivity index (χ2v) is 4.30. The van der Waals surface area contributed by atoms with Gasteiger partial charge in [-0.3, -0.25) is 0 Å². The van der Waals surface area contributed by atoms with E-state index in [0.29, 0.717) is 18.9 Å². The van der Waals surface area contributed by atoms with Crippen LogP contribution in [0.4, 0.5) is 0 Å². The Morgan fingerprint density at radius 3 is 3.06 bits per heavy atom. The fraction of sp³-hybridized carbons (Fsp3) is 0.583. The number of furan rings is 1. The third-order valence-corrected chi connectivity index (χ3v) is 2.67. The van der Waals surface area contributed by atoms with Crippen molar-refractivity contribution in [2.24, 2.45) is 5.92 Å². The Kier molecular flexibility index (Phi) is 4.17. The molecule has 1 aliphatic rings. The van der Waals surface area contributed by atoms with E-state index in [1.165, 1.54) is 25.2 Å². The number of carbonyl (C=O) groups is 1. The molecule has 1 saturated carbocycles. The normalized spacial score (nSPS) is 15.1. The molecule has 1 aromatic heterocycles. The molecule has 1 fully saturated rings. The van der Waals surface area contributed by atoms with E-state index in [9.17, 15) is 4.79 Å². The summed E-state index contributed by atoms with van der Waals surface area (Å²) < 4.78 is 10.5. The average Bonchev–Trinajstić information content (AvgIpc) is 3.00. The Bertz CT molecular complexity index is 370. The second-order valence-electron chi connectivity index (χ2n) is 4.30. The van der Waals surface area contributed by atoms with Crippen molar-refractivity contribution in [2.45, 2.75) is 19.4 Å². The minimum atomic E-state index is -0.965. The van der Waals surface area contributed by atoms with E-state index in [1.54, 1.807) is 0 Å². The standard InChI is InChI=1S/C12H17NO4/c14-12(15)10-5-11(17-8-10)6-13-3-4-16-7-9-1-2-9/h5,8-9,13H,1-4,6-7H2,(H,14,15). The van der Waals surface area contributed by atoms with Crippen molar-refractivity contribution in [2.75, 3.05) is 19.8 Å². The van der Waals surface area contributed by atoms with E-state index in [1.807, 2.05) is 0 Å². The number of ether oxygens (including phenoxy) is 1. The lowest BCUT2D eigenvalue weighted by atomic mass is 10.3. The van der Waals surface area contributed by atoms with Gasteiger partial charge >= 0.3 is 5.97 Å². The van der Waals surface area contributed by atoms with Gasteiger partial charge in [-0.25, -0.2) is 4.79 Å². The molecule has 0 amide bonds. The van der Waals surface area contributed by atoms with Crippen LogP contribution in [0.15, 0.2) is 16.7 Å². The van der Waals surface area contributed by atoms with Gasteiger partial charge in [-0.15, -0.1) is 0 Å². The van der Waals surface area contributed by atoms with Gasteiger partial charge in [-0.05, 0) is 24.8 Å². The average molecular weight is 239 g/mol. The predicted molar refractivity (Wildman–Crippen MR) is 60.9 cm³/mol. The maximum atomic E-state index is 10.6. The van der Waals surface area contributed by atoms with Gasteiger partial charge in [-0.2, -0.15) is 0 Å². The highest BCUT2D eigenvalue weighted by molar-refractivity contribution is 5.87. The minimum Gasteiger partial charge on any atom is -0.478 e. The Morgan fingerprint density at radius 2 is 2.41 bits per heavy atom. The summed E-state index contributed by atoms with van der Waals surface area (Å²) >= 11 is 0. The maximum Gasteiger partial charge on any atom is 0.338 e. The molecule has 0 saturated heterocycles. The maximum absolute atomic E-state index is 10.6. The number of hydrogen-bond donors (Lipinski definition) is 2. The molecule has 0 unspecified atom stereocenters. The summed E-state index contributed by atoms with van der Waals surface area (Å²) in [6, 6.07) is 1.53. The highest BCUT2D eigenvalue weighted by Crippen LogP contribution is 2.28. The van der Waals surface area contributed by atoms with E-state index < -0.39 is 5.97 Å². The van der Waals surface area contributed by atoms with Gasteiger partial charge in [0.05, 0.1) is 18.7 Å². The Morgan fingerprint density at radius 1 is 1.59 bits per heavy atom.